The third-order valence-corrected chi connectivity index (χ3v) is 4.65. The number of hydrogen-bond donors (Lipinski definition) is 2. The summed E-state index contributed by atoms with van der Waals surface area (Å²) >= 11 is 4.09. The van der Waals surface area contributed by atoms with Gasteiger partial charge < -0.3 is 14.8 Å². The van der Waals surface area contributed by atoms with Gasteiger partial charge in [0.1, 0.15) is 0 Å². The maximum atomic E-state index is 12.8. The summed E-state index contributed by atoms with van der Waals surface area (Å²) in [6.07, 6.45) is 0.578. The largest absolute Gasteiger partial charge is 0.466 e. The topological polar surface area (TPSA) is 108 Å². The Morgan fingerprint density at radius 2 is 1.86 bits per heavy atom. The number of non-ortho nitro benzene ring substituents is 1. The summed E-state index contributed by atoms with van der Waals surface area (Å²) < 4.78 is 10.2. The smallest absolute Gasteiger partial charge is 0.336 e. The van der Waals surface area contributed by atoms with Gasteiger partial charge in [-0.05, 0) is 31.6 Å². The summed E-state index contributed by atoms with van der Waals surface area (Å²) in [6.45, 7) is 3.55. The molecule has 0 radical (unpaired) electrons. The van der Waals surface area contributed by atoms with Crippen molar-refractivity contribution in [2.45, 2.75) is 26.2 Å². The molecule has 0 bridgehead atoms. The summed E-state index contributed by atoms with van der Waals surface area (Å²) in [6, 6.07) is 5.84. The van der Waals surface area contributed by atoms with Gasteiger partial charge in [0, 0.05) is 23.5 Å². The van der Waals surface area contributed by atoms with E-state index in [1.807, 2.05) is 0 Å². The molecule has 1 aliphatic rings. The molecule has 150 valence electrons. The zero-order valence-electron chi connectivity index (χ0n) is 15.9. The van der Waals surface area contributed by atoms with Gasteiger partial charge in [0.25, 0.3) is 5.69 Å². The second kappa shape index (κ2) is 9.41. The van der Waals surface area contributed by atoms with Crippen LogP contribution in [-0.4, -0.2) is 36.3 Å². The van der Waals surface area contributed by atoms with Gasteiger partial charge in [0.2, 0.25) is 0 Å². The van der Waals surface area contributed by atoms with E-state index in [2.05, 4.69) is 17.9 Å². The molecule has 1 unspecified atom stereocenters. The number of nitro groups is 1. The van der Waals surface area contributed by atoms with Crippen LogP contribution in [0.5, 0.6) is 0 Å². The van der Waals surface area contributed by atoms with Crippen molar-refractivity contribution in [3.05, 3.63) is 62.5 Å². The Bertz CT molecular complexity index is 862. The van der Waals surface area contributed by atoms with Gasteiger partial charge in [-0.1, -0.05) is 12.1 Å². The number of ether oxygens (including phenoxy) is 2. The highest BCUT2D eigenvalue weighted by atomic mass is 32.1. The summed E-state index contributed by atoms with van der Waals surface area (Å²) in [5.41, 5.74) is 1.72. The first-order valence-corrected chi connectivity index (χ1v) is 9.24. The van der Waals surface area contributed by atoms with E-state index < -0.39 is 22.8 Å². The molecule has 0 fully saturated rings. The number of nitrogens with zero attached hydrogens (tertiary/aromatic N) is 1. The van der Waals surface area contributed by atoms with Crippen molar-refractivity contribution in [3.63, 3.8) is 0 Å². The van der Waals surface area contributed by atoms with Crippen LogP contribution in [0.2, 0.25) is 0 Å². The number of methoxy groups -OCH3 is 1. The molecule has 0 amide bonds. The lowest BCUT2D eigenvalue weighted by Crippen LogP contribution is -2.32. The third-order valence-electron chi connectivity index (χ3n) is 4.34. The van der Waals surface area contributed by atoms with E-state index >= 15 is 0 Å². The Kier molecular flexibility index (Phi) is 7.22. The molecule has 1 aliphatic heterocycles. The Hall–Kier alpha value is -2.81. The number of nitro benzene ring substituents is 1. The van der Waals surface area contributed by atoms with E-state index in [0.29, 0.717) is 29.1 Å². The molecule has 8 nitrogen and oxygen atoms in total. The SMILES string of the molecule is COC(=O)C1=C(C)NC(C)=C(C(=O)OCCCS)C1c1cccc([N+](=O)[O-])c1. The summed E-state index contributed by atoms with van der Waals surface area (Å²) in [7, 11) is 1.24. The molecular formula is C19H22N2O6S. The average molecular weight is 406 g/mol. The maximum Gasteiger partial charge on any atom is 0.336 e. The number of thiol groups is 1. The number of hydrogen-bond acceptors (Lipinski definition) is 8. The maximum absolute atomic E-state index is 12.8. The second-order valence-corrected chi connectivity index (χ2v) is 6.64. The van der Waals surface area contributed by atoms with E-state index in [0.717, 1.165) is 0 Å². The van der Waals surface area contributed by atoms with Crippen LogP contribution in [0.25, 0.3) is 0 Å². The zero-order valence-corrected chi connectivity index (χ0v) is 16.7. The summed E-state index contributed by atoms with van der Waals surface area (Å²) in [4.78, 5) is 35.9. The molecule has 1 atom stereocenters. The molecule has 1 heterocycles. The second-order valence-electron chi connectivity index (χ2n) is 6.19. The van der Waals surface area contributed by atoms with Gasteiger partial charge in [-0.3, -0.25) is 10.1 Å². The fourth-order valence-corrected chi connectivity index (χ4v) is 3.23. The predicted octanol–water partition coefficient (Wildman–Crippen LogP) is 2.87. The van der Waals surface area contributed by atoms with Crippen molar-refractivity contribution in [1.29, 1.82) is 0 Å². The van der Waals surface area contributed by atoms with Crippen molar-refractivity contribution in [2.24, 2.45) is 0 Å². The number of carbonyl (C=O) groups is 2. The van der Waals surface area contributed by atoms with Crippen molar-refractivity contribution in [1.82, 2.24) is 5.32 Å². The molecule has 0 aliphatic carbocycles. The van der Waals surface area contributed by atoms with Crippen molar-refractivity contribution in [2.75, 3.05) is 19.5 Å². The minimum Gasteiger partial charge on any atom is -0.466 e. The highest BCUT2D eigenvalue weighted by molar-refractivity contribution is 7.80. The molecule has 1 aromatic rings. The lowest BCUT2D eigenvalue weighted by atomic mass is 9.80. The molecule has 9 heteroatoms. The Labute approximate surface area is 168 Å². The van der Waals surface area contributed by atoms with Gasteiger partial charge in [-0.2, -0.15) is 12.6 Å². The quantitative estimate of drug-likeness (QED) is 0.236. The van der Waals surface area contributed by atoms with E-state index in [4.69, 9.17) is 9.47 Å². The van der Waals surface area contributed by atoms with E-state index in [1.54, 1.807) is 19.9 Å². The van der Waals surface area contributed by atoms with E-state index in [-0.39, 0.29) is 23.4 Å². The molecule has 0 saturated carbocycles. The molecule has 28 heavy (non-hydrogen) atoms. The fourth-order valence-electron chi connectivity index (χ4n) is 3.10. The third kappa shape index (κ3) is 4.53. The molecular weight excluding hydrogens is 384 g/mol. The van der Waals surface area contributed by atoms with Gasteiger partial charge >= 0.3 is 11.9 Å². The van der Waals surface area contributed by atoms with Crippen LogP contribution in [0, 0.1) is 10.1 Å². The van der Waals surface area contributed by atoms with Crippen LogP contribution in [0.1, 0.15) is 31.7 Å². The number of rotatable bonds is 7. The highest BCUT2D eigenvalue weighted by Crippen LogP contribution is 2.40. The first-order chi connectivity index (χ1) is 13.3. The van der Waals surface area contributed by atoms with Crippen molar-refractivity contribution >= 4 is 30.3 Å². The Morgan fingerprint density at radius 3 is 2.43 bits per heavy atom. The standard InChI is InChI=1S/C19H22N2O6S/c1-11-15(18(22)26-3)17(13-6-4-7-14(10-13)21(24)25)16(12(2)20-11)19(23)27-8-5-9-28/h4,6-7,10,17,20,28H,5,8-9H2,1-3H3. The minimum absolute atomic E-state index is 0.140. The number of carbonyl (C=O) groups excluding carboxylic acids is 2. The van der Waals surface area contributed by atoms with Crippen LogP contribution in [0.15, 0.2) is 46.8 Å². The zero-order chi connectivity index (χ0) is 20.8. The molecule has 0 aromatic heterocycles. The van der Waals surface area contributed by atoms with Crippen LogP contribution in [0.4, 0.5) is 5.69 Å². The minimum atomic E-state index is -0.850. The highest BCUT2D eigenvalue weighted by Gasteiger charge is 2.38. The van der Waals surface area contributed by atoms with Gasteiger partial charge in [0.15, 0.2) is 0 Å². The number of esters is 2. The molecule has 2 rings (SSSR count). The molecule has 1 aromatic carbocycles. The monoisotopic (exact) mass is 406 g/mol. The number of benzene rings is 1. The van der Waals surface area contributed by atoms with Crippen LogP contribution in [-0.2, 0) is 19.1 Å². The summed E-state index contributed by atoms with van der Waals surface area (Å²) in [5, 5.41) is 14.2. The first-order valence-electron chi connectivity index (χ1n) is 8.61. The van der Waals surface area contributed by atoms with Crippen molar-refractivity contribution < 1.29 is 24.0 Å². The van der Waals surface area contributed by atoms with Gasteiger partial charge in [-0.15, -0.1) is 0 Å². The normalized spacial score (nSPS) is 16.5. The van der Waals surface area contributed by atoms with Crippen molar-refractivity contribution in [3.8, 4) is 0 Å². The lowest BCUT2D eigenvalue weighted by molar-refractivity contribution is -0.384. The van der Waals surface area contributed by atoms with Crippen LogP contribution in [0.3, 0.4) is 0 Å². The number of allylic oxidation sites excluding steroid dienone is 2. The van der Waals surface area contributed by atoms with Crippen LogP contribution < -0.4 is 5.32 Å². The molecule has 0 spiro atoms. The first kappa shape index (κ1) is 21.5. The number of nitrogens with one attached hydrogen (secondary N) is 1. The Balaban J connectivity index is 2.60. The van der Waals surface area contributed by atoms with E-state index in [9.17, 15) is 19.7 Å². The van der Waals surface area contributed by atoms with E-state index in [1.165, 1.54) is 25.3 Å². The molecule has 0 saturated heterocycles. The van der Waals surface area contributed by atoms with Crippen LogP contribution >= 0.6 is 12.6 Å². The Morgan fingerprint density at radius 1 is 1.21 bits per heavy atom. The number of dihydropyridines is 1. The predicted molar refractivity (Wildman–Crippen MR) is 106 cm³/mol. The fraction of sp³-hybridized carbons (Fsp3) is 0.368. The average Bonchev–Trinajstić information content (AvgIpc) is 2.67. The van der Waals surface area contributed by atoms with Gasteiger partial charge in [-0.25, -0.2) is 9.59 Å². The van der Waals surface area contributed by atoms with Gasteiger partial charge in [0.05, 0.1) is 35.7 Å². The molecule has 1 N–H and O–H groups in total. The lowest BCUT2D eigenvalue weighted by Gasteiger charge is -2.30. The summed E-state index contributed by atoms with van der Waals surface area (Å²) in [5.74, 6) is -1.52.